The number of hydrogen-bond donors (Lipinski definition) is 2. The Balaban J connectivity index is 1.36. The largest absolute Gasteiger partial charge is 0.353 e. The van der Waals surface area contributed by atoms with E-state index >= 15 is 0 Å². The van der Waals surface area contributed by atoms with Gasteiger partial charge >= 0.3 is 6.03 Å². The number of nitrogens with zero attached hydrogens (tertiary/aromatic N) is 5. The summed E-state index contributed by atoms with van der Waals surface area (Å²) in [6, 6.07) is 4.36. The first kappa shape index (κ1) is 15.2. The summed E-state index contributed by atoms with van der Waals surface area (Å²) in [5.41, 5.74) is 0.751. The summed E-state index contributed by atoms with van der Waals surface area (Å²) in [6.07, 6.45) is 5.58. The van der Waals surface area contributed by atoms with E-state index in [-0.39, 0.29) is 12.1 Å². The van der Waals surface area contributed by atoms with Gasteiger partial charge in [-0.1, -0.05) is 12.8 Å². The number of nitrogens with one attached hydrogen (secondary N) is 2. The van der Waals surface area contributed by atoms with Crippen LogP contribution in [0, 0.1) is 6.92 Å². The van der Waals surface area contributed by atoms with Gasteiger partial charge in [-0.2, -0.15) is 4.52 Å². The van der Waals surface area contributed by atoms with Crippen LogP contribution >= 0.6 is 0 Å². The van der Waals surface area contributed by atoms with Crippen LogP contribution in [0.5, 0.6) is 0 Å². The Morgan fingerprint density at radius 3 is 2.75 bits per heavy atom. The van der Waals surface area contributed by atoms with Gasteiger partial charge in [0.25, 0.3) is 0 Å². The van der Waals surface area contributed by atoms with Crippen molar-refractivity contribution >= 4 is 17.5 Å². The molecular weight excluding hydrogens is 306 g/mol. The van der Waals surface area contributed by atoms with Crippen molar-refractivity contribution in [3.63, 3.8) is 0 Å². The van der Waals surface area contributed by atoms with Gasteiger partial charge in [-0.3, -0.25) is 0 Å². The van der Waals surface area contributed by atoms with Crippen molar-refractivity contribution < 1.29 is 4.79 Å². The standard InChI is InChI=1S/C16H23N7O/c1-11-19-20-14-6-7-15(21-23(11)14)22-9-8-13(10-22)18-16(24)17-12-4-2-3-5-12/h6-7,12-13H,2-5,8-10H2,1H3,(H2,17,18,24). The van der Waals surface area contributed by atoms with Crippen molar-refractivity contribution in [3.05, 3.63) is 18.0 Å². The molecule has 24 heavy (non-hydrogen) atoms. The molecule has 1 aliphatic carbocycles. The SMILES string of the molecule is Cc1nnc2ccc(N3CCC(NC(=O)NC4CCCC4)C3)nn12. The topological polar surface area (TPSA) is 87.5 Å². The lowest BCUT2D eigenvalue weighted by atomic mass is 10.2. The maximum atomic E-state index is 12.1. The Bertz CT molecular complexity index is 737. The average Bonchev–Trinajstić information content (AvgIpc) is 3.30. The minimum Gasteiger partial charge on any atom is -0.353 e. The second-order valence-corrected chi connectivity index (χ2v) is 6.74. The summed E-state index contributed by atoms with van der Waals surface area (Å²) >= 11 is 0. The van der Waals surface area contributed by atoms with E-state index in [1.807, 2.05) is 19.1 Å². The highest BCUT2D eigenvalue weighted by Crippen LogP contribution is 2.19. The minimum atomic E-state index is -0.0354. The number of rotatable bonds is 3. The smallest absolute Gasteiger partial charge is 0.315 e. The highest BCUT2D eigenvalue weighted by atomic mass is 16.2. The first-order valence-corrected chi connectivity index (χ1v) is 8.70. The van der Waals surface area contributed by atoms with E-state index in [9.17, 15) is 4.79 Å². The fraction of sp³-hybridized carbons (Fsp3) is 0.625. The maximum absolute atomic E-state index is 12.1. The molecule has 2 aromatic heterocycles. The van der Waals surface area contributed by atoms with Gasteiger partial charge in [-0.15, -0.1) is 15.3 Å². The third-order valence-electron chi connectivity index (χ3n) is 4.94. The first-order chi connectivity index (χ1) is 11.7. The lowest BCUT2D eigenvalue weighted by molar-refractivity contribution is 0.234. The highest BCUT2D eigenvalue weighted by Gasteiger charge is 2.26. The monoisotopic (exact) mass is 329 g/mol. The quantitative estimate of drug-likeness (QED) is 0.885. The number of aromatic nitrogens is 4. The van der Waals surface area contributed by atoms with Gasteiger partial charge in [0.05, 0.1) is 0 Å². The van der Waals surface area contributed by atoms with E-state index in [1.54, 1.807) is 4.52 Å². The molecule has 0 bridgehead atoms. The number of amides is 2. The summed E-state index contributed by atoms with van der Waals surface area (Å²) in [5, 5.41) is 18.9. The zero-order valence-electron chi connectivity index (χ0n) is 13.9. The maximum Gasteiger partial charge on any atom is 0.315 e. The van der Waals surface area contributed by atoms with E-state index in [1.165, 1.54) is 12.8 Å². The predicted octanol–water partition coefficient (Wildman–Crippen LogP) is 1.25. The van der Waals surface area contributed by atoms with Crippen LogP contribution in [-0.2, 0) is 0 Å². The highest BCUT2D eigenvalue weighted by molar-refractivity contribution is 5.74. The molecular formula is C16H23N7O. The molecule has 8 nitrogen and oxygen atoms in total. The summed E-state index contributed by atoms with van der Waals surface area (Å²) in [4.78, 5) is 14.3. The number of urea groups is 1. The lowest BCUT2D eigenvalue weighted by Crippen LogP contribution is -2.46. The molecule has 8 heteroatoms. The van der Waals surface area contributed by atoms with Crippen molar-refractivity contribution in [2.45, 2.75) is 51.1 Å². The molecule has 4 rings (SSSR count). The lowest BCUT2D eigenvalue weighted by Gasteiger charge is -2.19. The van der Waals surface area contributed by atoms with Gasteiger partial charge < -0.3 is 15.5 Å². The number of fused-ring (bicyclic) bond motifs is 1. The Labute approximate surface area is 140 Å². The Morgan fingerprint density at radius 1 is 1.12 bits per heavy atom. The molecule has 128 valence electrons. The molecule has 1 saturated carbocycles. The van der Waals surface area contributed by atoms with Gasteiger partial charge in [0.15, 0.2) is 11.5 Å². The van der Waals surface area contributed by atoms with E-state index in [4.69, 9.17) is 0 Å². The fourth-order valence-electron chi connectivity index (χ4n) is 3.62. The van der Waals surface area contributed by atoms with Gasteiger partial charge in [-0.05, 0) is 38.3 Å². The van der Waals surface area contributed by atoms with Crippen LogP contribution in [0.4, 0.5) is 10.6 Å². The molecule has 2 fully saturated rings. The fourth-order valence-corrected chi connectivity index (χ4v) is 3.62. The van der Waals surface area contributed by atoms with Crippen LogP contribution in [0.25, 0.3) is 5.65 Å². The molecule has 1 aliphatic heterocycles. The van der Waals surface area contributed by atoms with Gasteiger partial charge in [0.2, 0.25) is 0 Å². The molecule has 2 N–H and O–H groups in total. The number of hydrogen-bond acceptors (Lipinski definition) is 5. The third-order valence-corrected chi connectivity index (χ3v) is 4.94. The van der Waals surface area contributed by atoms with Crippen LogP contribution in [0.15, 0.2) is 12.1 Å². The first-order valence-electron chi connectivity index (χ1n) is 8.70. The molecule has 1 atom stereocenters. The average molecular weight is 329 g/mol. The molecule has 0 aromatic carbocycles. The van der Waals surface area contributed by atoms with Crippen LogP contribution in [0.2, 0.25) is 0 Å². The molecule has 2 amide bonds. The van der Waals surface area contributed by atoms with Crippen molar-refractivity contribution in [1.82, 2.24) is 30.4 Å². The Hall–Kier alpha value is -2.38. The van der Waals surface area contributed by atoms with E-state index < -0.39 is 0 Å². The Morgan fingerprint density at radius 2 is 1.92 bits per heavy atom. The van der Waals surface area contributed by atoms with Crippen LogP contribution < -0.4 is 15.5 Å². The predicted molar refractivity (Wildman–Crippen MR) is 90.1 cm³/mol. The second kappa shape index (κ2) is 6.26. The zero-order chi connectivity index (χ0) is 16.5. The second-order valence-electron chi connectivity index (χ2n) is 6.74. The van der Waals surface area contributed by atoms with Gasteiger partial charge in [0.1, 0.15) is 5.82 Å². The number of anilines is 1. The van der Waals surface area contributed by atoms with Gasteiger partial charge in [-0.25, -0.2) is 4.79 Å². The van der Waals surface area contributed by atoms with Crippen LogP contribution in [0.3, 0.4) is 0 Å². The van der Waals surface area contributed by atoms with Crippen LogP contribution in [-0.4, -0.2) is 51.0 Å². The third kappa shape index (κ3) is 3.00. The molecule has 1 saturated heterocycles. The Kier molecular flexibility index (Phi) is 3.95. The van der Waals surface area contributed by atoms with Crippen LogP contribution in [0.1, 0.15) is 37.9 Å². The normalized spacial score (nSPS) is 21.5. The van der Waals surface area contributed by atoms with Crippen molar-refractivity contribution in [1.29, 1.82) is 0 Å². The van der Waals surface area contributed by atoms with Gasteiger partial charge in [0, 0.05) is 25.2 Å². The molecule has 2 aliphatic rings. The van der Waals surface area contributed by atoms with E-state index in [2.05, 4.69) is 30.8 Å². The molecule has 1 unspecified atom stereocenters. The minimum absolute atomic E-state index is 0.0354. The summed E-state index contributed by atoms with van der Waals surface area (Å²) < 4.78 is 1.75. The zero-order valence-corrected chi connectivity index (χ0v) is 13.9. The summed E-state index contributed by atoms with van der Waals surface area (Å²) in [6.45, 7) is 3.55. The molecule has 3 heterocycles. The van der Waals surface area contributed by atoms with Crippen molar-refractivity contribution in [3.8, 4) is 0 Å². The number of carbonyl (C=O) groups is 1. The van der Waals surface area contributed by atoms with Crippen molar-refractivity contribution in [2.24, 2.45) is 0 Å². The summed E-state index contributed by atoms with van der Waals surface area (Å²) in [5.74, 6) is 1.67. The van der Waals surface area contributed by atoms with E-state index in [0.29, 0.717) is 6.04 Å². The number of carbonyl (C=O) groups excluding carboxylic acids is 1. The molecule has 0 radical (unpaired) electrons. The molecule has 0 spiro atoms. The van der Waals surface area contributed by atoms with Crippen molar-refractivity contribution in [2.75, 3.05) is 18.0 Å². The van der Waals surface area contributed by atoms with E-state index in [0.717, 1.165) is 49.6 Å². The number of aryl methyl sites for hydroxylation is 1. The summed E-state index contributed by atoms with van der Waals surface area (Å²) in [7, 11) is 0. The molecule has 2 aromatic rings.